The van der Waals surface area contributed by atoms with Crippen molar-refractivity contribution < 1.29 is 14.6 Å². The van der Waals surface area contributed by atoms with Gasteiger partial charge < -0.3 is 9.84 Å². The highest BCUT2D eigenvalue weighted by Crippen LogP contribution is 2.34. The number of aliphatic carboxylic acids is 1. The van der Waals surface area contributed by atoms with E-state index in [0.29, 0.717) is 0 Å². The molecule has 0 radical (unpaired) electrons. The lowest BCUT2D eigenvalue weighted by molar-refractivity contribution is -0.134. The molecule has 0 saturated heterocycles. The van der Waals surface area contributed by atoms with Crippen LogP contribution in [0.2, 0.25) is 0 Å². The molecule has 1 aliphatic rings. The predicted octanol–water partition coefficient (Wildman–Crippen LogP) is 6.11. The van der Waals surface area contributed by atoms with Gasteiger partial charge in [0.2, 0.25) is 0 Å². The number of carboxylic acids is 1. The van der Waals surface area contributed by atoms with E-state index in [0.717, 1.165) is 26.2 Å². The topological polar surface area (TPSA) is 46.5 Å². The van der Waals surface area contributed by atoms with Crippen molar-refractivity contribution in [2.75, 3.05) is 0 Å². The lowest BCUT2D eigenvalue weighted by Gasteiger charge is -2.17. The summed E-state index contributed by atoms with van der Waals surface area (Å²) in [6.45, 7) is 11.5. The molecular formula is C22H34O3. The Morgan fingerprint density at radius 2 is 1.96 bits per heavy atom. The summed E-state index contributed by atoms with van der Waals surface area (Å²) in [4.78, 5) is 9.00. The molecule has 1 N–H and O–H groups in total. The van der Waals surface area contributed by atoms with Crippen LogP contribution in [0, 0.1) is 0 Å². The van der Waals surface area contributed by atoms with Crippen LogP contribution in [-0.2, 0) is 16.0 Å². The van der Waals surface area contributed by atoms with Crippen molar-refractivity contribution in [2.24, 2.45) is 0 Å². The zero-order valence-electron chi connectivity index (χ0n) is 16.6. The fourth-order valence-corrected chi connectivity index (χ4v) is 2.64. The Morgan fingerprint density at radius 3 is 2.52 bits per heavy atom. The van der Waals surface area contributed by atoms with Gasteiger partial charge in [-0.15, -0.1) is 0 Å². The maximum Gasteiger partial charge on any atom is 0.300 e. The number of allylic oxidation sites excluding steroid dienone is 3. The van der Waals surface area contributed by atoms with E-state index in [-0.39, 0.29) is 12.2 Å². The largest absolute Gasteiger partial charge is 0.481 e. The van der Waals surface area contributed by atoms with Gasteiger partial charge in [0.05, 0.1) is 12.2 Å². The van der Waals surface area contributed by atoms with Crippen LogP contribution in [-0.4, -0.2) is 17.2 Å². The molecule has 140 valence electrons. The number of hydrogen-bond acceptors (Lipinski definition) is 2. The van der Waals surface area contributed by atoms with E-state index < -0.39 is 5.97 Å². The summed E-state index contributed by atoms with van der Waals surface area (Å²) in [5, 5.41) is 7.42. The van der Waals surface area contributed by atoms with Gasteiger partial charge in [0.15, 0.2) is 0 Å². The number of ether oxygens (including phenoxy) is 1. The molecule has 1 aromatic carbocycles. The van der Waals surface area contributed by atoms with Crippen molar-refractivity contribution in [3.63, 3.8) is 0 Å². The molecule has 0 saturated carbocycles. The Balaban J connectivity index is 0.000000845. The van der Waals surface area contributed by atoms with Crippen LogP contribution in [0.15, 0.2) is 48.1 Å². The minimum Gasteiger partial charge on any atom is -0.481 e. The molecule has 2 rings (SSSR count). The Morgan fingerprint density at radius 1 is 1.36 bits per heavy atom. The van der Waals surface area contributed by atoms with Crippen LogP contribution in [0.4, 0.5) is 0 Å². The molecular weight excluding hydrogens is 312 g/mol. The van der Waals surface area contributed by atoms with Crippen LogP contribution in [0.5, 0.6) is 0 Å². The molecule has 0 aromatic heterocycles. The van der Waals surface area contributed by atoms with Crippen molar-refractivity contribution in [1.82, 2.24) is 0 Å². The lowest BCUT2D eigenvalue weighted by atomic mass is 10.1. The maximum atomic E-state index is 9.00. The quantitative estimate of drug-likeness (QED) is 0.654. The van der Waals surface area contributed by atoms with Gasteiger partial charge in [-0.05, 0) is 44.2 Å². The molecule has 1 aromatic rings. The molecule has 0 spiro atoms. The predicted molar refractivity (Wildman–Crippen MR) is 106 cm³/mol. The van der Waals surface area contributed by atoms with Crippen LogP contribution >= 0.6 is 0 Å². The fraction of sp³-hybridized carbons (Fsp3) is 0.500. The minimum atomic E-state index is -0.833. The van der Waals surface area contributed by atoms with Crippen LogP contribution in [0.3, 0.4) is 0 Å². The summed E-state index contributed by atoms with van der Waals surface area (Å²) >= 11 is 0. The number of carboxylic acid groups (broad SMARTS) is 1. The smallest absolute Gasteiger partial charge is 0.300 e. The van der Waals surface area contributed by atoms with Gasteiger partial charge in [0, 0.05) is 6.92 Å². The second-order valence-electron chi connectivity index (χ2n) is 5.66. The van der Waals surface area contributed by atoms with Gasteiger partial charge in [-0.1, -0.05) is 68.8 Å². The van der Waals surface area contributed by atoms with E-state index in [9.17, 15) is 0 Å². The molecule has 0 bridgehead atoms. The van der Waals surface area contributed by atoms with E-state index in [2.05, 4.69) is 63.3 Å². The number of hydrogen-bond donors (Lipinski definition) is 1. The normalized spacial score (nSPS) is 17.0. The third kappa shape index (κ3) is 9.25. The van der Waals surface area contributed by atoms with Crippen LogP contribution < -0.4 is 0 Å². The molecule has 0 heterocycles. The first-order valence-electron chi connectivity index (χ1n) is 9.24. The van der Waals surface area contributed by atoms with E-state index >= 15 is 0 Å². The molecule has 1 aliphatic carbocycles. The van der Waals surface area contributed by atoms with Crippen molar-refractivity contribution >= 4 is 5.97 Å². The van der Waals surface area contributed by atoms with E-state index in [1.54, 1.807) is 0 Å². The second kappa shape index (κ2) is 13.4. The van der Waals surface area contributed by atoms with Crippen molar-refractivity contribution in [3.8, 4) is 0 Å². The van der Waals surface area contributed by atoms with Crippen molar-refractivity contribution in [2.45, 2.75) is 73.0 Å². The van der Waals surface area contributed by atoms with Gasteiger partial charge in [0.1, 0.15) is 0 Å². The Hall–Kier alpha value is -1.87. The monoisotopic (exact) mass is 346 g/mol. The Kier molecular flexibility index (Phi) is 12.4. The summed E-state index contributed by atoms with van der Waals surface area (Å²) in [5.74, 6) is -0.833. The van der Waals surface area contributed by atoms with E-state index in [4.69, 9.17) is 14.6 Å². The summed E-state index contributed by atoms with van der Waals surface area (Å²) < 4.78 is 6.16. The van der Waals surface area contributed by atoms with E-state index in [1.807, 2.05) is 13.8 Å². The van der Waals surface area contributed by atoms with Gasteiger partial charge in [-0.25, -0.2) is 0 Å². The summed E-state index contributed by atoms with van der Waals surface area (Å²) in [5.41, 5.74) is 4.19. The Bertz CT molecular complexity index is 554. The lowest BCUT2D eigenvalue weighted by Crippen LogP contribution is -2.09. The average Bonchev–Trinajstić information content (AvgIpc) is 3.00. The first-order valence-corrected chi connectivity index (χ1v) is 9.24. The molecule has 2 unspecified atom stereocenters. The number of rotatable bonds is 5. The van der Waals surface area contributed by atoms with Crippen molar-refractivity contribution in [3.05, 3.63) is 59.2 Å². The summed E-state index contributed by atoms with van der Waals surface area (Å²) in [6, 6.07) is 8.64. The standard InChI is InChI=1S/C18H24O.C2H4O2.C2H6/c1-4-15(5-2)11-10-14(3)19-18-13-12-16-8-6-7-9-17(16)18;1-2(3)4;1-2/h4,6-11,14,18H,5,12-13H2,1-3H3;1H3,(H,3,4);1-2H3/b11-10-,15-4-;;. The van der Waals surface area contributed by atoms with Gasteiger partial charge in [-0.3, -0.25) is 4.79 Å². The summed E-state index contributed by atoms with van der Waals surface area (Å²) in [7, 11) is 0. The number of benzene rings is 1. The number of carbonyl (C=O) groups is 1. The zero-order valence-corrected chi connectivity index (χ0v) is 16.6. The SMILES string of the molecule is C/C=C(\C=C/C(C)OC1CCc2ccccc21)CC.CC.CC(=O)O. The molecule has 3 heteroatoms. The highest BCUT2D eigenvalue weighted by Gasteiger charge is 2.23. The molecule has 0 amide bonds. The highest BCUT2D eigenvalue weighted by atomic mass is 16.5. The maximum absolute atomic E-state index is 9.00. The number of aryl methyl sites for hydroxylation is 1. The molecule has 3 nitrogen and oxygen atoms in total. The van der Waals surface area contributed by atoms with Crippen LogP contribution in [0.25, 0.3) is 0 Å². The average molecular weight is 347 g/mol. The van der Waals surface area contributed by atoms with Gasteiger partial charge >= 0.3 is 0 Å². The molecule has 0 fully saturated rings. The third-order valence-corrected chi connectivity index (χ3v) is 3.82. The highest BCUT2D eigenvalue weighted by molar-refractivity contribution is 5.62. The Labute approximate surface area is 153 Å². The third-order valence-electron chi connectivity index (χ3n) is 3.82. The van der Waals surface area contributed by atoms with Gasteiger partial charge in [-0.2, -0.15) is 0 Å². The van der Waals surface area contributed by atoms with Crippen molar-refractivity contribution in [1.29, 1.82) is 0 Å². The summed E-state index contributed by atoms with van der Waals surface area (Å²) in [6.07, 6.45) is 10.3. The number of fused-ring (bicyclic) bond motifs is 1. The first-order chi connectivity index (χ1) is 12.0. The fourth-order valence-electron chi connectivity index (χ4n) is 2.64. The first kappa shape index (κ1) is 23.1. The van der Waals surface area contributed by atoms with Crippen LogP contribution in [0.1, 0.15) is 71.6 Å². The van der Waals surface area contributed by atoms with E-state index in [1.165, 1.54) is 16.7 Å². The molecule has 0 aliphatic heterocycles. The minimum absolute atomic E-state index is 0.164. The zero-order chi connectivity index (χ0) is 19.2. The second-order valence-corrected chi connectivity index (χ2v) is 5.66. The molecule has 25 heavy (non-hydrogen) atoms. The molecule has 2 atom stereocenters. The van der Waals surface area contributed by atoms with Gasteiger partial charge in [0.25, 0.3) is 5.97 Å².